The molecule has 96 valence electrons. The Morgan fingerprint density at radius 3 is 2.71 bits per heavy atom. The highest BCUT2D eigenvalue weighted by molar-refractivity contribution is 5.22. The van der Waals surface area contributed by atoms with Gasteiger partial charge in [0.05, 0.1) is 6.61 Å². The van der Waals surface area contributed by atoms with Crippen molar-refractivity contribution >= 4 is 0 Å². The molecule has 0 amide bonds. The summed E-state index contributed by atoms with van der Waals surface area (Å²) < 4.78 is 10.9. The molecule has 0 fully saturated rings. The number of ether oxygens (including phenoxy) is 2. The van der Waals surface area contributed by atoms with Crippen molar-refractivity contribution in [2.75, 3.05) is 19.8 Å². The summed E-state index contributed by atoms with van der Waals surface area (Å²) in [5.74, 6) is 1.16. The van der Waals surface area contributed by atoms with E-state index in [0.29, 0.717) is 25.0 Å². The van der Waals surface area contributed by atoms with E-state index in [0.717, 1.165) is 12.2 Å². The highest BCUT2D eigenvalue weighted by Crippen LogP contribution is 2.14. The van der Waals surface area contributed by atoms with E-state index >= 15 is 0 Å². The van der Waals surface area contributed by atoms with Gasteiger partial charge < -0.3 is 15.2 Å². The lowest BCUT2D eigenvalue weighted by molar-refractivity contribution is 0.0806. The van der Waals surface area contributed by atoms with E-state index in [2.05, 4.69) is 18.8 Å². The molecule has 17 heavy (non-hydrogen) atoms. The molecule has 4 nitrogen and oxygen atoms in total. The van der Waals surface area contributed by atoms with Crippen molar-refractivity contribution in [2.24, 2.45) is 11.7 Å². The zero-order valence-corrected chi connectivity index (χ0v) is 10.8. The summed E-state index contributed by atoms with van der Waals surface area (Å²) in [6, 6.07) is 3.76. The molecule has 1 rings (SSSR count). The highest BCUT2D eigenvalue weighted by Gasteiger charge is 2.02. The molecular formula is C13H22N2O2. The lowest BCUT2D eigenvalue weighted by atomic mass is 10.1. The van der Waals surface area contributed by atoms with Crippen molar-refractivity contribution in [3.63, 3.8) is 0 Å². The van der Waals surface area contributed by atoms with Gasteiger partial charge in [0.25, 0.3) is 0 Å². The van der Waals surface area contributed by atoms with E-state index in [1.165, 1.54) is 0 Å². The van der Waals surface area contributed by atoms with Gasteiger partial charge in [-0.25, -0.2) is 4.98 Å². The first-order valence-electron chi connectivity index (χ1n) is 6.01. The fourth-order valence-electron chi connectivity index (χ4n) is 1.31. The number of pyridine rings is 1. The van der Waals surface area contributed by atoms with Crippen LogP contribution in [0.25, 0.3) is 0 Å². The lowest BCUT2D eigenvalue weighted by Crippen LogP contribution is -2.11. The molecular weight excluding hydrogens is 216 g/mol. The number of nitrogens with two attached hydrogens (primary N) is 1. The summed E-state index contributed by atoms with van der Waals surface area (Å²) in [5.41, 5.74) is 6.81. The molecule has 0 saturated heterocycles. The zero-order chi connectivity index (χ0) is 12.7. The minimum atomic E-state index is -0.00228. The van der Waals surface area contributed by atoms with Gasteiger partial charge in [0, 0.05) is 24.9 Å². The maximum atomic E-state index is 5.78. The van der Waals surface area contributed by atoms with Gasteiger partial charge in [-0.2, -0.15) is 0 Å². The van der Waals surface area contributed by atoms with Crippen LogP contribution in [-0.4, -0.2) is 24.8 Å². The third kappa shape index (κ3) is 5.65. The number of rotatable bonds is 7. The van der Waals surface area contributed by atoms with Gasteiger partial charge >= 0.3 is 0 Å². The Labute approximate surface area is 103 Å². The summed E-state index contributed by atoms with van der Waals surface area (Å²) in [6.07, 6.45) is 1.71. The SMILES string of the molecule is CC(C)COCCOc1cc([C@H](C)N)ccn1. The summed E-state index contributed by atoms with van der Waals surface area (Å²) in [6.45, 7) is 8.04. The highest BCUT2D eigenvalue weighted by atomic mass is 16.5. The third-order valence-electron chi connectivity index (χ3n) is 2.21. The molecule has 0 spiro atoms. The Bertz CT molecular complexity index is 327. The molecule has 1 aromatic rings. The van der Waals surface area contributed by atoms with Crippen molar-refractivity contribution in [3.05, 3.63) is 23.9 Å². The van der Waals surface area contributed by atoms with Gasteiger partial charge in [-0.3, -0.25) is 0 Å². The fourth-order valence-corrected chi connectivity index (χ4v) is 1.31. The van der Waals surface area contributed by atoms with Gasteiger partial charge in [-0.05, 0) is 24.5 Å². The molecule has 0 radical (unpaired) electrons. The second-order valence-electron chi connectivity index (χ2n) is 4.53. The summed E-state index contributed by atoms with van der Waals surface area (Å²) >= 11 is 0. The average molecular weight is 238 g/mol. The third-order valence-corrected chi connectivity index (χ3v) is 2.21. The molecule has 0 aliphatic rings. The molecule has 0 bridgehead atoms. The van der Waals surface area contributed by atoms with E-state index in [1.54, 1.807) is 6.20 Å². The van der Waals surface area contributed by atoms with Gasteiger partial charge in [0.2, 0.25) is 5.88 Å². The van der Waals surface area contributed by atoms with Crippen molar-refractivity contribution in [1.82, 2.24) is 4.98 Å². The minimum absolute atomic E-state index is 0.00228. The topological polar surface area (TPSA) is 57.4 Å². The van der Waals surface area contributed by atoms with Crippen LogP contribution in [0.3, 0.4) is 0 Å². The van der Waals surface area contributed by atoms with E-state index in [-0.39, 0.29) is 6.04 Å². The van der Waals surface area contributed by atoms with Gasteiger partial charge in [0.15, 0.2) is 0 Å². The van der Waals surface area contributed by atoms with Crippen LogP contribution in [0.15, 0.2) is 18.3 Å². The molecule has 0 aliphatic carbocycles. The minimum Gasteiger partial charge on any atom is -0.475 e. The van der Waals surface area contributed by atoms with Crippen LogP contribution in [0.5, 0.6) is 5.88 Å². The second kappa shape index (κ2) is 7.25. The fraction of sp³-hybridized carbons (Fsp3) is 0.615. The van der Waals surface area contributed by atoms with E-state index in [9.17, 15) is 0 Å². The Kier molecular flexibility index (Phi) is 5.94. The first-order valence-corrected chi connectivity index (χ1v) is 6.01. The van der Waals surface area contributed by atoms with Crippen LogP contribution < -0.4 is 10.5 Å². The van der Waals surface area contributed by atoms with Gasteiger partial charge in [-0.15, -0.1) is 0 Å². The zero-order valence-electron chi connectivity index (χ0n) is 10.8. The molecule has 2 N–H and O–H groups in total. The summed E-state index contributed by atoms with van der Waals surface area (Å²) in [7, 11) is 0. The molecule has 4 heteroatoms. The molecule has 0 aliphatic heterocycles. The van der Waals surface area contributed by atoms with Crippen LogP contribution in [0.4, 0.5) is 0 Å². The van der Waals surface area contributed by atoms with E-state index in [4.69, 9.17) is 15.2 Å². The average Bonchev–Trinajstić information content (AvgIpc) is 2.28. The molecule has 0 aromatic carbocycles. The Morgan fingerprint density at radius 1 is 1.29 bits per heavy atom. The van der Waals surface area contributed by atoms with Crippen molar-refractivity contribution < 1.29 is 9.47 Å². The standard InChI is InChI=1S/C13H22N2O2/c1-10(2)9-16-6-7-17-13-8-12(11(3)14)4-5-15-13/h4-5,8,10-11H,6-7,9,14H2,1-3H3/t11-/m0/s1. The summed E-state index contributed by atoms with van der Waals surface area (Å²) in [4.78, 5) is 4.12. The lowest BCUT2D eigenvalue weighted by Gasteiger charge is -2.10. The van der Waals surface area contributed by atoms with Crippen LogP contribution in [0.1, 0.15) is 32.4 Å². The normalized spacial score (nSPS) is 12.8. The Morgan fingerprint density at radius 2 is 2.06 bits per heavy atom. The number of aromatic nitrogens is 1. The first kappa shape index (κ1) is 13.9. The predicted molar refractivity (Wildman–Crippen MR) is 68.0 cm³/mol. The Hall–Kier alpha value is -1.13. The van der Waals surface area contributed by atoms with Crippen LogP contribution in [0.2, 0.25) is 0 Å². The van der Waals surface area contributed by atoms with E-state index < -0.39 is 0 Å². The number of hydrogen-bond donors (Lipinski definition) is 1. The molecule has 1 aromatic heterocycles. The molecule has 0 saturated carbocycles. The van der Waals surface area contributed by atoms with Crippen LogP contribution >= 0.6 is 0 Å². The van der Waals surface area contributed by atoms with Crippen molar-refractivity contribution in [3.8, 4) is 5.88 Å². The Balaban J connectivity index is 2.29. The summed E-state index contributed by atoms with van der Waals surface area (Å²) in [5, 5.41) is 0. The quantitative estimate of drug-likeness (QED) is 0.739. The first-order chi connectivity index (χ1) is 8.09. The van der Waals surface area contributed by atoms with E-state index in [1.807, 2.05) is 19.1 Å². The number of nitrogens with zero attached hydrogens (tertiary/aromatic N) is 1. The second-order valence-corrected chi connectivity index (χ2v) is 4.53. The van der Waals surface area contributed by atoms with Gasteiger partial charge in [-0.1, -0.05) is 13.8 Å². The maximum absolute atomic E-state index is 5.78. The molecule has 1 heterocycles. The monoisotopic (exact) mass is 238 g/mol. The maximum Gasteiger partial charge on any atom is 0.213 e. The van der Waals surface area contributed by atoms with Crippen LogP contribution in [0, 0.1) is 5.92 Å². The molecule has 1 atom stereocenters. The van der Waals surface area contributed by atoms with Crippen molar-refractivity contribution in [2.45, 2.75) is 26.8 Å². The van der Waals surface area contributed by atoms with Crippen LogP contribution in [-0.2, 0) is 4.74 Å². The van der Waals surface area contributed by atoms with Crippen molar-refractivity contribution in [1.29, 1.82) is 0 Å². The van der Waals surface area contributed by atoms with Gasteiger partial charge in [0.1, 0.15) is 6.61 Å². The predicted octanol–water partition coefficient (Wildman–Crippen LogP) is 2.15. The molecule has 0 unspecified atom stereocenters. The smallest absolute Gasteiger partial charge is 0.213 e. The largest absolute Gasteiger partial charge is 0.475 e. The number of hydrogen-bond acceptors (Lipinski definition) is 4.